The van der Waals surface area contributed by atoms with Crippen molar-refractivity contribution < 1.29 is 13.2 Å². The normalized spacial score (nSPS) is 23.5. The van der Waals surface area contributed by atoms with Crippen molar-refractivity contribution in [3.8, 4) is 0 Å². The van der Waals surface area contributed by atoms with Crippen LogP contribution in [0.15, 0.2) is 65.6 Å². The van der Waals surface area contributed by atoms with Crippen LogP contribution in [0.4, 0.5) is 0 Å². The number of carbonyl (C=O) groups excluding carboxylic acids is 1. The van der Waals surface area contributed by atoms with Gasteiger partial charge in [0.2, 0.25) is 15.9 Å². The maximum atomic E-state index is 13.2. The minimum atomic E-state index is -3.58. The fourth-order valence-electron chi connectivity index (χ4n) is 5.08. The van der Waals surface area contributed by atoms with Crippen molar-refractivity contribution in [2.24, 2.45) is 11.8 Å². The van der Waals surface area contributed by atoms with Gasteiger partial charge in [-0.05, 0) is 49.5 Å². The van der Waals surface area contributed by atoms with Crippen LogP contribution in [-0.4, -0.2) is 63.3 Å². The van der Waals surface area contributed by atoms with Crippen LogP contribution >= 0.6 is 0 Å². The lowest BCUT2D eigenvalue weighted by Crippen LogP contribution is -2.45. The summed E-state index contributed by atoms with van der Waals surface area (Å²) >= 11 is 0. The molecule has 2 aliphatic heterocycles. The zero-order valence-electron chi connectivity index (χ0n) is 18.9. The second-order valence-electron chi connectivity index (χ2n) is 9.45. The van der Waals surface area contributed by atoms with E-state index >= 15 is 0 Å². The van der Waals surface area contributed by atoms with Crippen LogP contribution in [0, 0.1) is 11.8 Å². The minimum absolute atomic E-state index is 0.0906. The molecule has 2 aromatic carbocycles. The van der Waals surface area contributed by atoms with Gasteiger partial charge in [0.25, 0.3) is 0 Å². The van der Waals surface area contributed by atoms with Gasteiger partial charge in [0.1, 0.15) is 0 Å². The van der Waals surface area contributed by atoms with E-state index in [1.54, 1.807) is 31.3 Å². The van der Waals surface area contributed by atoms with Crippen LogP contribution < -0.4 is 5.32 Å². The van der Waals surface area contributed by atoms with Gasteiger partial charge in [-0.3, -0.25) is 4.79 Å². The average molecular weight is 456 g/mol. The summed E-state index contributed by atoms with van der Waals surface area (Å²) in [6, 6.07) is 18.8. The van der Waals surface area contributed by atoms with Crippen molar-refractivity contribution in [3.05, 3.63) is 66.2 Å². The topological polar surface area (TPSA) is 69.7 Å². The number of likely N-dealkylation sites (tertiary alicyclic amines) is 1. The molecule has 3 atom stereocenters. The standard InChI is InChI=1S/C25H33N3O3S/c1-25(21-9-5-3-6-10-21,19-27(2)32(30,31)22-11-7-4-8-12-22)14-16-28-15-13-20-17-26-24(29)23(20)18-28/h3-12,20,23H,13-19H2,1-2H3,(H,26,29)/t20-,23-,25+/m0/s1. The lowest BCUT2D eigenvalue weighted by molar-refractivity contribution is -0.124. The first kappa shape index (κ1) is 23.0. The summed E-state index contributed by atoms with van der Waals surface area (Å²) in [5.74, 6) is 0.730. The van der Waals surface area contributed by atoms with E-state index in [-0.39, 0.29) is 17.2 Å². The molecule has 2 fully saturated rings. The molecule has 0 radical (unpaired) electrons. The lowest BCUT2D eigenvalue weighted by Gasteiger charge is -2.38. The smallest absolute Gasteiger partial charge is 0.242 e. The molecule has 6 nitrogen and oxygen atoms in total. The number of nitrogens with zero attached hydrogens (tertiary/aromatic N) is 2. The Bertz CT molecular complexity index is 1030. The third kappa shape index (κ3) is 4.75. The van der Waals surface area contributed by atoms with Gasteiger partial charge in [0.05, 0.1) is 10.8 Å². The van der Waals surface area contributed by atoms with Gasteiger partial charge in [-0.15, -0.1) is 0 Å². The number of likely N-dealkylation sites (N-methyl/N-ethyl adjacent to an activating group) is 1. The summed E-state index contributed by atoms with van der Waals surface area (Å²) < 4.78 is 27.8. The number of carbonyl (C=O) groups is 1. The van der Waals surface area contributed by atoms with Crippen molar-refractivity contribution in [1.82, 2.24) is 14.5 Å². The van der Waals surface area contributed by atoms with E-state index in [2.05, 4.69) is 29.3 Å². The molecule has 0 aliphatic carbocycles. The van der Waals surface area contributed by atoms with Crippen LogP contribution in [0.5, 0.6) is 0 Å². The molecule has 2 saturated heterocycles. The van der Waals surface area contributed by atoms with Crippen LogP contribution in [0.2, 0.25) is 0 Å². The Labute approximate surface area is 191 Å². The number of fused-ring (bicyclic) bond motifs is 1. The molecular formula is C25H33N3O3S. The van der Waals surface area contributed by atoms with Crippen molar-refractivity contribution >= 4 is 15.9 Å². The first-order valence-corrected chi connectivity index (χ1v) is 12.8. The number of amides is 1. The third-order valence-corrected chi connectivity index (χ3v) is 9.01. The molecular weight excluding hydrogens is 422 g/mol. The van der Waals surface area contributed by atoms with E-state index in [4.69, 9.17) is 0 Å². The van der Waals surface area contributed by atoms with Crippen molar-refractivity contribution in [1.29, 1.82) is 0 Å². The summed E-state index contributed by atoms with van der Waals surface area (Å²) in [5, 5.41) is 3.00. The minimum Gasteiger partial charge on any atom is -0.356 e. The SMILES string of the molecule is CN(C[C@@](C)(CCN1CC[C@H]2CNC(=O)[C@H]2C1)c1ccccc1)S(=O)(=O)c1ccccc1. The van der Waals surface area contributed by atoms with Gasteiger partial charge in [-0.1, -0.05) is 55.5 Å². The zero-order valence-corrected chi connectivity index (χ0v) is 19.7. The Morgan fingerprint density at radius 1 is 1.09 bits per heavy atom. The largest absolute Gasteiger partial charge is 0.356 e. The highest BCUT2D eigenvalue weighted by Gasteiger charge is 2.40. The van der Waals surface area contributed by atoms with E-state index in [1.807, 2.05) is 24.3 Å². The number of hydrogen-bond donors (Lipinski definition) is 1. The van der Waals surface area contributed by atoms with Gasteiger partial charge < -0.3 is 10.2 Å². The summed E-state index contributed by atoms with van der Waals surface area (Å²) in [7, 11) is -1.91. The molecule has 172 valence electrons. The molecule has 7 heteroatoms. The van der Waals surface area contributed by atoms with Crippen LogP contribution in [0.1, 0.15) is 25.3 Å². The summed E-state index contributed by atoms with van der Waals surface area (Å²) in [5.41, 5.74) is 0.774. The number of piperidine rings is 1. The molecule has 0 saturated carbocycles. The Balaban J connectivity index is 1.51. The number of rotatable bonds is 8. The highest BCUT2D eigenvalue weighted by Crippen LogP contribution is 2.33. The molecule has 1 amide bonds. The van der Waals surface area contributed by atoms with Gasteiger partial charge in [-0.2, -0.15) is 0 Å². The van der Waals surface area contributed by atoms with Crippen LogP contribution in [0.3, 0.4) is 0 Å². The van der Waals surface area contributed by atoms with Gasteiger partial charge in [0, 0.05) is 32.1 Å². The Hall–Kier alpha value is -2.22. The monoisotopic (exact) mass is 455 g/mol. The molecule has 4 rings (SSSR count). The van der Waals surface area contributed by atoms with Crippen LogP contribution in [-0.2, 0) is 20.2 Å². The van der Waals surface area contributed by atoms with E-state index in [0.717, 1.165) is 44.6 Å². The fraction of sp³-hybridized carbons (Fsp3) is 0.480. The van der Waals surface area contributed by atoms with E-state index in [0.29, 0.717) is 17.4 Å². The summed E-state index contributed by atoms with van der Waals surface area (Å²) in [6.07, 6.45) is 1.85. The number of sulfonamides is 1. The molecule has 32 heavy (non-hydrogen) atoms. The fourth-order valence-corrected chi connectivity index (χ4v) is 6.40. The summed E-state index contributed by atoms with van der Waals surface area (Å²) in [4.78, 5) is 14.8. The van der Waals surface area contributed by atoms with Crippen LogP contribution in [0.25, 0.3) is 0 Å². The Kier molecular flexibility index (Phi) is 6.70. The molecule has 2 aliphatic rings. The maximum Gasteiger partial charge on any atom is 0.242 e. The molecule has 0 bridgehead atoms. The molecule has 2 heterocycles. The quantitative estimate of drug-likeness (QED) is 0.665. The molecule has 2 aromatic rings. The van der Waals surface area contributed by atoms with Gasteiger partial charge in [-0.25, -0.2) is 12.7 Å². The first-order chi connectivity index (χ1) is 15.3. The lowest BCUT2D eigenvalue weighted by atomic mass is 9.78. The number of hydrogen-bond acceptors (Lipinski definition) is 4. The van der Waals surface area contributed by atoms with Crippen molar-refractivity contribution in [3.63, 3.8) is 0 Å². The summed E-state index contributed by atoms with van der Waals surface area (Å²) in [6.45, 7) is 5.95. The van der Waals surface area contributed by atoms with Gasteiger partial charge in [0.15, 0.2) is 0 Å². The van der Waals surface area contributed by atoms with E-state index in [1.165, 1.54) is 4.31 Å². The highest BCUT2D eigenvalue weighted by atomic mass is 32.2. The van der Waals surface area contributed by atoms with Crippen molar-refractivity contribution in [2.45, 2.75) is 30.1 Å². The zero-order chi connectivity index (χ0) is 22.8. The predicted octanol–water partition coefficient (Wildman–Crippen LogP) is 2.72. The predicted molar refractivity (Wildman–Crippen MR) is 126 cm³/mol. The molecule has 0 spiro atoms. The van der Waals surface area contributed by atoms with E-state index in [9.17, 15) is 13.2 Å². The average Bonchev–Trinajstić information content (AvgIpc) is 3.19. The maximum absolute atomic E-state index is 13.2. The Morgan fingerprint density at radius 2 is 1.75 bits per heavy atom. The Morgan fingerprint density at radius 3 is 2.44 bits per heavy atom. The first-order valence-electron chi connectivity index (χ1n) is 11.4. The number of benzene rings is 2. The van der Waals surface area contributed by atoms with E-state index < -0.39 is 10.0 Å². The van der Waals surface area contributed by atoms with Gasteiger partial charge >= 0.3 is 0 Å². The third-order valence-electron chi connectivity index (χ3n) is 7.19. The second-order valence-corrected chi connectivity index (χ2v) is 11.5. The molecule has 1 N–H and O–H groups in total. The molecule has 0 aromatic heterocycles. The number of nitrogens with one attached hydrogen (secondary N) is 1. The van der Waals surface area contributed by atoms with Crippen molar-refractivity contribution in [2.75, 3.05) is 39.8 Å². The second kappa shape index (κ2) is 9.33. The molecule has 0 unspecified atom stereocenters. The highest BCUT2D eigenvalue weighted by molar-refractivity contribution is 7.89.